The Morgan fingerprint density at radius 1 is 1.26 bits per heavy atom. The highest BCUT2D eigenvalue weighted by Gasteiger charge is 2.59. The highest BCUT2D eigenvalue weighted by Crippen LogP contribution is 2.41. The van der Waals surface area contributed by atoms with Gasteiger partial charge >= 0.3 is 11.9 Å². The molecule has 1 fully saturated rings. The molecular formula is C16H19N3O7S. The summed E-state index contributed by atoms with van der Waals surface area (Å²) in [5, 5.41) is 24.1. The number of ether oxygens (including phenoxy) is 3. The third-order valence-corrected chi connectivity index (χ3v) is 4.83. The molecule has 0 amide bonds. The SMILES string of the molecule is CC(=O)O[C@H]1[C@@H](Sc2ccccc2)O[C@H](CO)[C@H](OC(C)=O)[C@@]1(O)N=[N+]=[N-]. The molecule has 0 spiro atoms. The molecule has 1 aromatic carbocycles. The number of carbonyl (C=O) groups is 2. The largest absolute Gasteiger partial charge is 0.456 e. The number of hydrogen-bond acceptors (Lipinski definition) is 9. The molecule has 0 radical (unpaired) electrons. The molecule has 0 aliphatic carbocycles. The third-order valence-electron chi connectivity index (χ3n) is 3.70. The fourth-order valence-electron chi connectivity index (χ4n) is 2.66. The standard InChI is InChI=1S/C16H19N3O7S/c1-9(21)24-13-12(8-20)26-15(27-11-6-4-3-5-7-11)14(25-10(2)22)16(13,23)18-19-17/h3-7,12-15,20,23H,8H2,1-2H3/t12-,13+,14+,15-,16+/m1/s1. The molecule has 0 saturated carbocycles. The van der Waals surface area contributed by atoms with Crippen molar-refractivity contribution in [3.63, 3.8) is 0 Å². The molecule has 5 atom stereocenters. The minimum Gasteiger partial charge on any atom is -0.456 e. The number of azide groups is 1. The number of thioether (sulfide) groups is 1. The van der Waals surface area contributed by atoms with Crippen LogP contribution in [0.3, 0.4) is 0 Å². The fraction of sp³-hybridized carbons (Fsp3) is 0.500. The van der Waals surface area contributed by atoms with Gasteiger partial charge in [-0.1, -0.05) is 35.1 Å². The summed E-state index contributed by atoms with van der Waals surface area (Å²) in [4.78, 5) is 26.4. The molecule has 1 heterocycles. The summed E-state index contributed by atoms with van der Waals surface area (Å²) in [6, 6.07) is 8.88. The van der Waals surface area contributed by atoms with Crippen molar-refractivity contribution in [2.75, 3.05) is 6.61 Å². The lowest BCUT2D eigenvalue weighted by atomic mass is 9.93. The lowest BCUT2D eigenvalue weighted by molar-refractivity contribution is -0.265. The van der Waals surface area contributed by atoms with E-state index < -0.39 is 48.0 Å². The van der Waals surface area contributed by atoms with Crippen LogP contribution >= 0.6 is 11.8 Å². The average molecular weight is 397 g/mol. The lowest BCUT2D eigenvalue weighted by Crippen LogP contribution is -2.67. The third kappa shape index (κ3) is 4.90. The van der Waals surface area contributed by atoms with Crippen LogP contribution in [0.5, 0.6) is 0 Å². The summed E-state index contributed by atoms with van der Waals surface area (Å²) < 4.78 is 15.9. The Morgan fingerprint density at radius 2 is 1.85 bits per heavy atom. The Hall–Kier alpha value is -2.30. The van der Waals surface area contributed by atoms with Gasteiger partial charge < -0.3 is 24.4 Å². The minimum absolute atomic E-state index is 0.639. The predicted molar refractivity (Wildman–Crippen MR) is 93.2 cm³/mol. The zero-order chi connectivity index (χ0) is 20.0. The van der Waals surface area contributed by atoms with E-state index in [9.17, 15) is 19.8 Å². The molecule has 10 nitrogen and oxygen atoms in total. The van der Waals surface area contributed by atoms with Crippen LogP contribution in [-0.2, 0) is 23.8 Å². The zero-order valence-corrected chi connectivity index (χ0v) is 15.4. The molecule has 0 unspecified atom stereocenters. The van der Waals surface area contributed by atoms with E-state index in [0.29, 0.717) is 4.90 Å². The Kier molecular flexibility index (Phi) is 7.05. The number of aliphatic hydroxyl groups excluding tert-OH is 1. The first-order valence-corrected chi connectivity index (χ1v) is 8.81. The van der Waals surface area contributed by atoms with Crippen molar-refractivity contribution >= 4 is 23.7 Å². The Balaban J connectivity index is 2.48. The molecule has 2 rings (SSSR count). The van der Waals surface area contributed by atoms with Gasteiger partial charge in [-0.25, -0.2) is 0 Å². The maximum atomic E-state index is 11.6. The number of rotatable bonds is 6. The van der Waals surface area contributed by atoms with Crippen LogP contribution in [-0.4, -0.2) is 58.2 Å². The molecule has 146 valence electrons. The number of hydrogen-bond donors (Lipinski definition) is 2. The summed E-state index contributed by atoms with van der Waals surface area (Å²) in [6.07, 6.45) is -4.28. The van der Waals surface area contributed by atoms with E-state index in [0.717, 1.165) is 25.6 Å². The Labute approximate surface area is 159 Å². The van der Waals surface area contributed by atoms with E-state index in [2.05, 4.69) is 10.0 Å². The Bertz CT molecular complexity index is 728. The Morgan fingerprint density at radius 3 is 2.37 bits per heavy atom. The fourth-order valence-corrected chi connectivity index (χ4v) is 3.82. The van der Waals surface area contributed by atoms with Crippen molar-refractivity contribution in [2.24, 2.45) is 5.11 Å². The van der Waals surface area contributed by atoms with E-state index in [1.165, 1.54) is 0 Å². The molecular weight excluding hydrogens is 378 g/mol. The molecule has 27 heavy (non-hydrogen) atoms. The second kappa shape index (κ2) is 9.07. The van der Waals surface area contributed by atoms with Crippen molar-refractivity contribution < 1.29 is 34.0 Å². The van der Waals surface area contributed by atoms with Gasteiger partial charge in [0.15, 0.2) is 12.2 Å². The van der Waals surface area contributed by atoms with Crippen LogP contribution < -0.4 is 0 Å². The number of aliphatic hydroxyl groups is 2. The maximum Gasteiger partial charge on any atom is 0.303 e. The summed E-state index contributed by atoms with van der Waals surface area (Å²) in [5.41, 5.74) is 5.40. The second-order valence-corrected chi connectivity index (χ2v) is 6.86. The van der Waals surface area contributed by atoms with E-state index >= 15 is 0 Å². The van der Waals surface area contributed by atoms with Crippen molar-refractivity contribution in [1.82, 2.24) is 0 Å². The number of benzene rings is 1. The van der Waals surface area contributed by atoms with Crippen molar-refractivity contribution in [3.05, 3.63) is 40.8 Å². The van der Waals surface area contributed by atoms with E-state index in [1.807, 2.05) is 0 Å². The highest BCUT2D eigenvalue weighted by molar-refractivity contribution is 7.99. The van der Waals surface area contributed by atoms with Crippen molar-refractivity contribution in [2.45, 2.75) is 48.2 Å². The maximum absolute atomic E-state index is 11.6. The molecule has 1 aromatic rings. The quantitative estimate of drug-likeness (QED) is 0.316. The van der Waals surface area contributed by atoms with E-state index in [4.69, 9.17) is 19.7 Å². The van der Waals surface area contributed by atoms with Crippen molar-refractivity contribution in [3.8, 4) is 0 Å². The number of esters is 2. The van der Waals surface area contributed by atoms with Crippen LogP contribution in [0, 0.1) is 0 Å². The van der Waals surface area contributed by atoms with Gasteiger partial charge in [-0.05, 0) is 17.7 Å². The average Bonchev–Trinajstić information content (AvgIpc) is 2.61. The normalized spacial score (nSPS) is 30.1. The molecule has 11 heteroatoms. The van der Waals surface area contributed by atoms with Gasteiger partial charge in [-0.2, -0.15) is 0 Å². The monoisotopic (exact) mass is 397 g/mol. The molecule has 0 bridgehead atoms. The predicted octanol–water partition coefficient (Wildman–Crippen LogP) is 1.36. The first-order chi connectivity index (χ1) is 12.8. The van der Waals surface area contributed by atoms with Gasteiger partial charge in [0.05, 0.1) is 6.61 Å². The van der Waals surface area contributed by atoms with Crippen LogP contribution in [0.15, 0.2) is 40.3 Å². The molecule has 1 saturated heterocycles. The first kappa shape index (κ1) is 21.0. The summed E-state index contributed by atoms with van der Waals surface area (Å²) in [7, 11) is 0. The topological polar surface area (TPSA) is 151 Å². The van der Waals surface area contributed by atoms with E-state index in [1.54, 1.807) is 30.3 Å². The first-order valence-electron chi connectivity index (χ1n) is 7.93. The van der Waals surface area contributed by atoms with E-state index in [-0.39, 0.29) is 0 Å². The van der Waals surface area contributed by atoms with Gasteiger partial charge in [-0.3, -0.25) is 9.59 Å². The number of carbonyl (C=O) groups excluding carboxylic acids is 2. The molecule has 1 aliphatic rings. The van der Waals surface area contributed by atoms with Gasteiger partial charge in [0, 0.05) is 23.7 Å². The van der Waals surface area contributed by atoms with Crippen LogP contribution in [0.2, 0.25) is 0 Å². The molecule has 1 aliphatic heterocycles. The molecule has 0 aromatic heterocycles. The second-order valence-electron chi connectivity index (χ2n) is 5.69. The summed E-state index contributed by atoms with van der Waals surface area (Å²) >= 11 is 1.09. The van der Waals surface area contributed by atoms with Crippen molar-refractivity contribution in [1.29, 1.82) is 0 Å². The van der Waals surface area contributed by atoms with Crippen LogP contribution in [0.4, 0.5) is 0 Å². The smallest absolute Gasteiger partial charge is 0.303 e. The minimum atomic E-state index is -2.48. The zero-order valence-electron chi connectivity index (χ0n) is 14.6. The highest BCUT2D eigenvalue weighted by atomic mass is 32.2. The summed E-state index contributed by atoms with van der Waals surface area (Å²) in [5.74, 6) is -1.57. The van der Waals surface area contributed by atoms with Crippen LogP contribution in [0.1, 0.15) is 13.8 Å². The summed E-state index contributed by atoms with van der Waals surface area (Å²) in [6.45, 7) is 1.55. The lowest BCUT2D eigenvalue weighted by Gasteiger charge is -2.47. The molecule has 2 N–H and O–H groups in total. The van der Waals surface area contributed by atoms with Gasteiger partial charge in [-0.15, -0.1) is 0 Å². The van der Waals surface area contributed by atoms with Crippen LogP contribution in [0.25, 0.3) is 10.4 Å². The van der Waals surface area contributed by atoms with Gasteiger partial charge in [0.1, 0.15) is 11.5 Å². The number of nitrogens with zero attached hydrogens (tertiary/aromatic N) is 3. The van der Waals surface area contributed by atoms with Gasteiger partial charge in [0.25, 0.3) is 0 Å². The van der Waals surface area contributed by atoms with Gasteiger partial charge in [0.2, 0.25) is 5.72 Å².